The molecule has 1 heterocycles. The van der Waals surface area contributed by atoms with Gasteiger partial charge in [0.1, 0.15) is 0 Å². The van der Waals surface area contributed by atoms with Gasteiger partial charge >= 0.3 is 0 Å². The highest BCUT2D eigenvalue weighted by molar-refractivity contribution is 7.16. The Morgan fingerprint density at radius 3 is 2.64 bits per heavy atom. The maximum absolute atomic E-state index is 11.3. The van der Waals surface area contributed by atoms with Crippen molar-refractivity contribution in [3.63, 3.8) is 0 Å². The molecule has 1 rings (SSSR count). The molecular weight excluding hydrogens is 220 g/mol. The van der Waals surface area contributed by atoms with E-state index in [-0.39, 0.29) is 11.9 Å². The predicted molar refractivity (Wildman–Crippen MR) is 59.5 cm³/mol. The highest BCUT2D eigenvalue weighted by Gasteiger charge is 2.13. The molecule has 0 aromatic carbocycles. The average Bonchev–Trinajstić information content (AvgIpc) is 2.51. The molecule has 14 heavy (non-hydrogen) atoms. The molecule has 0 aliphatic carbocycles. The minimum Gasteiger partial charge on any atom is -0.347 e. The second-order valence-electron chi connectivity index (χ2n) is 3.16. The number of amides is 1. The molecule has 3 N–H and O–H groups in total. The largest absolute Gasteiger partial charge is 0.347 e. The zero-order valence-electron chi connectivity index (χ0n) is 8.08. The quantitative estimate of drug-likeness (QED) is 0.837. The van der Waals surface area contributed by atoms with Gasteiger partial charge in [0, 0.05) is 4.88 Å². The predicted octanol–water partition coefficient (Wildman–Crippen LogP) is 1.93. The number of nitrogens with one attached hydrogen (secondary N) is 1. The van der Waals surface area contributed by atoms with Crippen LogP contribution >= 0.6 is 22.9 Å². The third kappa shape index (κ3) is 2.97. The first-order valence-corrected chi connectivity index (χ1v) is 5.51. The molecule has 2 unspecified atom stereocenters. The standard InChI is InChI=1S/C9H13ClN2OS/c1-5(11)9(13)12-6(2)7-3-4-8(10)14-7/h3-6H,11H2,1-2H3,(H,12,13). The summed E-state index contributed by atoms with van der Waals surface area (Å²) >= 11 is 7.24. The Kier molecular flexibility index (Phi) is 3.92. The summed E-state index contributed by atoms with van der Waals surface area (Å²) in [5.41, 5.74) is 5.43. The van der Waals surface area contributed by atoms with Gasteiger partial charge in [0.15, 0.2) is 0 Å². The monoisotopic (exact) mass is 232 g/mol. The van der Waals surface area contributed by atoms with Crippen molar-refractivity contribution in [2.24, 2.45) is 5.73 Å². The van der Waals surface area contributed by atoms with Crippen molar-refractivity contribution in [2.75, 3.05) is 0 Å². The first-order valence-electron chi connectivity index (χ1n) is 4.32. The van der Waals surface area contributed by atoms with E-state index in [4.69, 9.17) is 17.3 Å². The summed E-state index contributed by atoms with van der Waals surface area (Å²) in [6, 6.07) is 3.20. The minimum absolute atomic E-state index is 0.0361. The highest BCUT2D eigenvalue weighted by atomic mass is 35.5. The molecular formula is C9H13ClN2OS. The van der Waals surface area contributed by atoms with Gasteiger partial charge in [0.25, 0.3) is 0 Å². The van der Waals surface area contributed by atoms with Crippen molar-refractivity contribution in [2.45, 2.75) is 25.9 Å². The molecule has 0 saturated carbocycles. The lowest BCUT2D eigenvalue weighted by atomic mass is 10.2. The molecule has 1 aromatic heterocycles. The Hall–Kier alpha value is -0.580. The number of nitrogens with two attached hydrogens (primary N) is 1. The molecule has 2 atom stereocenters. The van der Waals surface area contributed by atoms with Gasteiger partial charge in [-0.15, -0.1) is 11.3 Å². The number of carbonyl (C=O) groups is 1. The molecule has 0 aliphatic heterocycles. The fourth-order valence-corrected chi connectivity index (χ4v) is 2.04. The molecule has 0 radical (unpaired) electrons. The Bertz CT molecular complexity index is 324. The molecule has 0 aliphatic rings. The molecule has 5 heteroatoms. The van der Waals surface area contributed by atoms with Gasteiger partial charge in [0.05, 0.1) is 16.4 Å². The lowest BCUT2D eigenvalue weighted by Gasteiger charge is -2.13. The third-order valence-corrected chi connectivity index (χ3v) is 3.21. The van der Waals surface area contributed by atoms with Gasteiger partial charge in [-0.1, -0.05) is 11.6 Å². The van der Waals surface area contributed by atoms with Gasteiger partial charge < -0.3 is 11.1 Å². The number of hydrogen-bond donors (Lipinski definition) is 2. The summed E-state index contributed by atoms with van der Waals surface area (Å²) in [7, 11) is 0. The van der Waals surface area contributed by atoms with E-state index in [2.05, 4.69) is 5.32 Å². The van der Waals surface area contributed by atoms with Crippen molar-refractivity contribution in [1.82, 2.24) is 5.32 Å². The lowest BCUT2D eigenvalue weighted by Crippen LogP contribution is -2.39. The van der Waals surface area contributed by atoms with E-state index in [1.807, 2.05) is 19.1 Å². The second kappa shape index (κ2) is 4.77. The Labute approximate surface area is 92.3 Å². The third-order valence-electron chi connectivity index (χ3n) is 1.79. The van der Waals surface area contributed by atoms with Crippen LogP contribution in [-0.2, 0) is 4.79 Å². The summed E-state index contributed by atoms with van der Waals surface area (Å²) < 4.78 is 0.724. The molecule has 0 fully saturated rings. The fourth-order valence-electron chi connectivity index (χ4n) is 0.977. The minimum atomic E-state index is -0.479. The van der Waals surface area contributed by atoms with Crippen LogP contribution in [0, 0.1) is 0 Å². The van der Waals surface area contributed by atoms with Crippen LogP contribution in [-0.4, -0.2) is 11.9 Å². The molecule has 3 nitrogen and oxygen atoms in total. The second-order valence-corrected chi connectivity index (χ2v) is 4.91. The molecule has 0 bridgehead atoms. The molecule has 0 spiro atoms. The normalized spacial score (nSPS) is 14.9. The SMILES string of the molecule is CC(N)C(=O)NC(C)c1ccc(Cl)s1. The molecule has 1 aromatic rings. The van der Waals surface area contributed by atoms with E-state index in [9.17, 15) is 4.79 Å². The van der Waals surface area contributed by atoms with E-state index in [0.717, 1.165) is 9.21 Å². The van der Waals surface area contributed by atoms with Crippen molar-refractivity contribution in [3.05, 3.63) is 21.3 Å². The van der Waals surface area contributed by atoms with Crippen LogP contribution < -0.4 is 11.1 Å². The van der Waals surface area contributed by atoms with Gasteiger partial charge in [-0.2, -0.15) is 0 Å². The zero-order valence-corrected chi connectivity index (χ0v) is 9.65. The first-order chi connectivity index (χ1) is 6.50. The van der Waals surface area contributed by atoms with Crippen molar-refractivity contribution in [1.29, 1.82) is 0 Å². The fraction of sp³-hybridized carbons (Fsp3) is 0.444. The van der Waals surface area contributed by atoms with Crippen molar-refractivity contribution in [3.8, 4) is 0 Å². The molecule has 1 amide bonds. The maximum atomic E-state index is 11.3. The molecule has 0 saturated heterocycles. The maximum Gasteiger partial charge on any atom is 0.237 e. The topological polar surface area (TPSA) is 55.1 Å². The highest BCUT2D eigenvalue weighted by Crippen LogP contribution is 2.26. The zero-order chi connectivity index (χ0) is 10.7. The number of carbonyl (C=O) groups excluding carboxylic acids is 1. The summed E-state index contributed by atoms with van der Waals surface area (Å²) in [4.78, 5) is 12.3. The summed E-state index contributed by atoms with van der Waals surface area (Å²) in [5.74, 6) is -0.151. The van der Waals surface area contributed by atoms with Gasteiger partial charge in [-0.05, 0) is 26.0 Å². The molecule has 78 valence electrons. The Balaban J connectivity index is 2.59. The first kappa shape index (κ1) is 11.5. The number of halogens is 1. The number of thiophene rings is 1. The van der Waals surface area contributed by atoms with Gasteiger partial charge in [-0.3, -0.25) is 4.79 Å². The van der Waals surface area contributed by atoms with E-state index in [1.54, 1.807) is 6.92 Å². The van der Waals surface area contributed by atoms with Crippen LogP contribution in [0.2, 0.25) is 4.34 Å². The Morgan fingerprint density at radius 2 is 2.21 bits per heavy atom. The van der Waals surface area contributed by atoms with E-state index >= 15 is 0 Å². The van der Waals surface area contributed by atoms with Crippen LogP contribution in [0.1, 0.15) is 24.8 Å². The van der Waals surface area contributed by atoms with Crippen LogP contribution in [0.5, 0.6) is 0 Å². The van der Waals surface area contributed by atoms with Crippen molar-refractivity contribution < 1.29 is 4.79 Å². The van der Waals surface area contributed by atoms with Crippen LogP contribution in [0.4, 0.5) is 0 Å². The average molecular weight is 233 g/mol. The smallest absolute Gasteiger partial charge is 0.237 e. The van der Waals surface area contributed by atoms with Gasteiger partial charge in [-0.25, -0.2) is 0 Å². The Morgan fingerprint density at radius 1 is 1.57 bits per heavy atom. The van der Waals surface area contributed by atoms with Crippen molar-refractivity contribution >= 4 is 28.8 Å². The summed E-state index contributed by atoms with van der Waals surface area (Å²) in [6.45, 7) is 3.56. The number of hydrogen-bond acceptors (Lipinski definition) is 3. The van der Waals surface area contributed by atoms with E-state index < -0.39 is 6.04 Å². The van der Waals surface area contributed by atoms with Crippen LogP contribution in [0.3, 0.4) is 0 Å². The van der Waals surface area contributed by atoms with Gasteiger partial charge in [0.2, 0.25) is 5.91 Å². The van der Waals surface area contributed by atoms with E-state index in [0.29, 0.717) is 0 Å². The van der Waals surface area contributed by atoms with Crippen LogP contribution in [0.15, 0.2) is 12.1 Å². The van der Waals surface area contributed by atoms with E-state index in [1.165, 1.54) is 11.3 Å². The summed E-state index contributed by atoms with van der Waals surface area (Å²) in [6.07, 6.45) is 0. The summed E-state index contributed by atoms with van der Waals surface area (Å²) in [5, 5.41) is 2.80. The number of rotatable bonds is 3. The lowest BCUT2D eigenvalue weighted by molar-refractivity contribution is -0.122. The van der Waals surface area contributed by atoms with Crippen LogP contribution in [0.25, 0.3) is 0 Å².